The van der Waals surface area contributed by atoms with Gasteiger partial charge in [-0.15, -0.1) is 5.53 Å². The van der Waals surface area contributed by atoms with E-state index in [1.54, 1.807) is 0 Å². The van der Waals surface area contributed by atoms with Crippen LogP contribution in [0.5, 0.6) is 5.75 Å². The number of ether oxygens (including phenoxy) is 1. The molecule has 2 aliphatic rings. The van der Waals surface area contributed by atoms with E-state index < -0.39 is 0 Å². The van der Waals surface area contributed by atoms with Crippen LogP contribution < -0.4 is 15.3 Å². The number of rotatable bonds is 4. The Bertz CT molecular complexity index is 741. The molecule has 0 aromatic heterocycles. The average molecular weight is 307 g/mol. The topological polar surface area (TPSA) is 27.7 Å². The molecule has 118 valence electrons. The van der Waals surface area contributed by atoms with Gasteiger partial charge in [0.05, 0.1) is 18.0 Å². The summed E-state index contributed by atoms with van der Waals surface area (Å²) in [5.74, 6) is 0.912. The maximum Gasteiger partial charge on any atom is 0.121 e. The Labute approximate surface area is 136 Å². The van der Waals surface area contributed by atoms with Crippen LogP contribution in [0.1, 0.15) is 24.5 Å². The fourth-order valence-electron chi connectivity index (χ4n) is 3.09. The van der Waals surface area contributed by atoms with Crippen LogP contribution in [0.3, 0.4) is 0 Å². The van der Waals surface area contributed by atoms with Crippen molar-refractivity contribution in [3.63, 3.8) is 0 Å². The van der Waals surface area contributed by atoms with Crippen molar-refractivity contribution < 1.29 is 4.74 Å². The summed E-state index contributed by atoms with van der Waals surface area (Å²) in [4.78, 5) is 0. The van der Waals surface area contributed by atoms with Crippen LogP contribution in [-0.2, 0) is 6.42 Å². The van der Waals surface area contributed by atoms with Gasteiger partial charge in [-0.3, -0.25) is 10.0 Å². The van der Waals surface area contributed by atoms with E-state index in [0.29, 0.717) is 0 Å². The van der Waals surface area contributed by atoms with Crippen LogP contribution in [0.4, 0.5) is 5.69 Å². The summed E-state index contributed by atoms with van der Waals surface area (Å²) < 4.78 is 5.74. The van der Waals surface area contributed by atoms with Crippen molar-refractivity contribution >= 4 is 11.4 Å². The smallest absolute Gasteiger partial charge is 0.121 e. The zero-order chi connectivity index (χ0) is 15.6. The lowest BCUT2D eigenvalue weighted by Crippen LogP contribution is -2.42. The van der Waals surface area contributed by atoms with E-state index in [9.17, 15) is 0 Å². The minimum atomic E-state index is 0.747. The van der Waals surface area contributed by atoms with Crippen LogP contribution in [0.25, 0.3) is 5.70 Å². The molecule has 23 heavy (non-hydrogen) atoms. The molecule has 0 amide bonds. The molecule has 0 radical (unpaired) electrons. The number of nitrogens with one attached hydrogen (secondary N) is 1. The molecule has 0 aliphatic carbocycles. The van der Waals surface area contributed by atoms with Crippen LogP contribution in [0, 0.1) is 0 Å². The molecule has 0 saturated carbocycles. The Morgan fingerprint density at radius 3 is 2.96 bits per heavy atom. The molecule has 4 heteroatoms. The fourth-order valence-corrected chi connectivity index (χ4v) is 3.09. The predicted octanol–water partition coefficient (Wildman–Crippen LogP) is 3.57. The number of hydrogen-bond acceptors (Lipinski definition) is 4. The van der Waals surface area contributed by atoms with Gasteiger partial charge < -0.3 is 4.74 Å². The van der Waals surface area contributed by atoms with Crippen molar-refractivity contribution in [2.45, 2.75) is 19.8 Å². The molecule has 0 atom stereocenters. The third-order valence-electron chi connectivity index (χ3n) is 4.24. The molecule has 1 N–H and O–H groups in total. The van der Waals surface area contributed by atoms with Gasteiger partial charge in [-0.1, -0.05) is 37.3 Å². The summed E-state index contributed by atoms with van der Waals surface area (Å²) in [6, 6.07) is 16.8. The fraction of sp³-hybridized carbons (Fsp3) is 0.263. The first-order valence-electron chi connectivity index (χ1n) is 8.21. The van der Waals surface area contributed by atoms with E-state index in [1.807, 2.05) is 12.1 Å². The van der Waals surface area contributed by atoms with Crippen molar-refractivity contribution in [2.75, 3.05) is 18.2 Å². The van der Waals surface area contributed by atoms with Gasteiger partial charge in [-0.2, -0.15) is 0 Å². The zero-order valence-corrected chi connectivity index (χ0v) is 13.3. The van der Waals surface area contributed by atoms with E-state index in [4.69, 9.17) is 4.74 Å². The Morgan fingerprint density at radius 2 is 2.04 bits per heavy atom. The highest BCUT2D eigenvalue weighted by atomic mass is 16.5. The Hall–Kier alpha value is -2.46. The van der Waals surface area contributed by atoms with E-state index >= 15 is 0 Å². The summed E-state index contributed by atoms with van der Waals surface area (Å²) in [5, 5.41) is 4.28. The molecule has 2 aliphatic heterocycles. The van der Waals surface area contributed by atoms with Crippen LogP contribution in [-0.4, -0.2) is 18.2 Å². The monoisotopic (exact) mass is 307 g/mol. The summed E-state index contributed by atoms with van der Waals surface area (Å²) in [6.07, 6.45) is 4.24. The van der Waals surface area contributed by atoms with Gasteiger partial charge in [0, 0.05) is 24.4 Å². The number of anilines is 1. The van der Waals surface area contributed by atoms with Gasteiger partial charge in [0.1, 0.15) is 5.75 Å². The number of nitrogens with zero attached hydrogens (tertiary/aromatic N) is 2. The maximum atomic E-state index is 5.74. The number of hydrazine groups is 2. The number of hydrogen-bond donors (Lipinski definition) is 1. The van der Waals surface area contributed by atoms with Crippen molar-refractivity contribution in [3.05, 3.63) is 65.9 Å². The minimum Gasteiger partial charge on any atom is -0.494 e. The molecule has 0 bridgehead atoms. The van der Waals surface area contributed by atoms with Crippen molar-refractivity contribution in [1.82, 2.24) is 10.5 Å². The number of fused-ring (bicyclic) bond motifs is 3. The molecule has 4 nitrogen and oxygen atoms in total. The van der Waals surface area contributed by atoms with Gasteiger partial charge in [-0.05, 0) is 30.5 Å². The van der Waals surface area contributed by atoms with E-state index in [-0.39, 0.29) is 0 Å². The van der Waals surface area contributed by atoms with Crippen molar-refractivity contribution in [1.29, 1.82) is 0 Å². The molecule has 4 rings (SSSR count). The van der Waals surface area contributed by atoms with Gasteiger partial charge in [0.25, 0.3) is 0 Å². The molecule has 0 saturated heterocycles. The molecule has 0 unspecified atom stereocenters. The molecule has 2 aromatic rings. The lowest BCUT2D eigenvalue weighted by molar-refractivity contribution is 0.306. The highest BCUT2D eigenvalue weighted by Crippen LogP contribution is 2.33. The Kier molecular flexibility index (Phi) is 3.67. The summed E-state index contributed by atoms with van der Waals surface area (Å²) in [5.41, 5.74) is 8.49. The summed E-state index contributed by atoms with van der Waals surface area (Å²) in [7, 11) is 0. The third-order valence-corrected chi connectivity index (χ3v) is 4.24. The van der Waals surface area contributed by atoms with E-state index in [2.05, 4.69) is 65.1 Å². The molecule has 2 aromatic carbocycles. The van der Waals surface area contributed by atoms with E-state index in [0.717, 1.165) is 37.4 Å². The normalized spacial score (nSPS) is 16.0. The number of benzene rings is 2. The second-order valence-corrected chi connectivity index (χ2v) is 5.89. The van der Waals surface area contributed by atoms with E-state index in [1.165, 1.54) is 16.8 Å². The first-order chi connectivity index (χ1) is 11.3. The minimum absolute atomic E-state index is 0.747. The first kappa shape index (κ1) is 14.2. The largest absolute Gasteiger partial charge is 0.494 e. The van der Waals surface area contributed by atoms with Gasteiger partial charge in [-0.25, -0.2) is 0 Å². The molecule has 2 heterocycles. The second kappa shape index (κ2) is 5.97. The van der Waals surface area contributed by atoms with Crippen LogP contribution in [0.15, 0.2) is 54.7 Å². The SMILES string of the molecule is CCCOc1cccc(N2C=C3c4ccccc4CCN3N2)c1. The molecule has 0 fully saturated rings. The van der Waals surface area contributed by atoms with Crippen LogP contribution >= 0.6 is 0 Å². The molecular weight excluding hydrogens is 286 g/mol. The van der Waals surface area contributed by atoms with Gasteiger partial charge in [0.2, 0.25) is 0 Å². The maximum absolute atomic E-state index is 5.74. The second-order valence-electron chi connectivity index (χ2n) is 5.89. The lowest BCUT2D eigenvalue weighted by Gasteiger charge is -2.29. The summed E-state index contributed by atoms with van der Waals surface area (Å²) >= 11 is 0. The Balaban J connectivity index is 1.62. The standard InChI is InChI=1S/C19H21N3O/c1-2-12-23-17-8-5-7-16(13-17)22-14-19-18-9-4-3-6-15(18)10-11-21(19)20-22/h3-9,13-14,20H,2,10-12H2,1H3. The van der Waals surface area contributed by atoms with Crippen LogP contribution in [0.2, 0.25) is 0 Å². The highest BCUT2D eigenvalue weighted by molar-refractivity contribution is 5.73. The van der Waals surface area contributed by atoms with Crippen molar-refractivity contribution in [2.24, 2.45) is 0 Å². The molecular formula is C19H21N3O. The first-order valence-corrected chi connectivity index (χ1v) is 8.21. The average Bonchev–Trinajstić information content (AvgIpc) is 3.05. The van der Waals surface area contributed by atoms with Crippen molar-refractivity contribution in [3.8, 4) is 5.75 Å². The third kappa shape index (κ3) is 2.66. The van der Waals surface area contributed by atoms with Gasteiger partial charge in [0.15, 0.2) is 0 Å². The predicted molar refractivity (Wildman–Crippen MR) is 92.7 cm³/mol. The summed E-state index contributed by atoms with van der Waals surface area (Å²) in [6.45, 7) is 3.84. The Morgan fingerprint density at radius 1 is 1.13 bits per heavy atom. The molecule has 0 spiro atoms. The highest BCUT2D eigenvalue weighted by Gasteiger charge is 2.27. The lowest BCUT2D eigenvalue weighted by atomic mass is 9.98. The zero-order valence-electron chi connectivity index (χ0n) is 13.3. The van der Waals surface area contributed by atoms with Gasteiger partial charge >= 0.3 is 0 Å². The quantitative estimate of drug-likeness (QED) is 0.934.